The van der Waals surface area contributed by atoms with Crippen LogP contribution in [0.5, 0.6) is 0 Å². The molecule has 0 aliphatic carbocycles. The zero-order chi connectivity index (χ0) is 17.1. The lowest BCUT2D eigenvalue weighted by Crippen LogP contribution is -2.04. The Kier molecular flexibility index (Phi) is 4.76. The first kappa shape index (κ1) is 16.4. The van der Waals surface area contributed by atoms with Crippen molar-refractivity contribution < 1.29 is 0 Å². The van der Waals surface area contributed by atoms with E-state index in [4.69, 9.17) is 0 Å². The number of hydrogen-bond donors (Lipinski definition) is 2. The van der Waals surface area contributed by atoms with Crippen molar-refractivity contribution in [2.45, 2.75) is 20.8 Å². The minimum Gasteiger partial charge on any atom is -0.338 e. The maximum absolute atomic E-state index is 4.48. The standard InChI is InChI=1S/C18H18BrN5/c1-11-8-12(2)17(13(3)9-11)22-16-10-20-24-18(23-16)21-15-6-4-14(19)5-7-15/h4-10H,1-3H3,(H2,21,22,23,24). The molecule has 0 saturated heterocycles. The first-order valence-corrected chi connectivity index (χ1v) is 8.38. The Morgan fingerprint density at radius 3 is 2.25 bits per heavy atom. The molecule has 0 aliphatic heterocycles. The normalized spacial score (nSPS) is 10.5. The molecule has 0 unspecified atom stereocenters. The molecule has 3 rings (SSSR count). The molecule has 6 heteroatoms. The monoisotopic (exact) mass is 383 g/mol. The summed E-state index contributed by atoms with van der Waals surface area (Å²) in [6.45, 7) is 6.26. The minimum absolute atomic E-state index is 0.449. The van der Waals surface area contributed by atoms with Crippen LogP contribution in [0.4, 0.5) is 23.1 Å². The average Bonchev–Trinajstić information content (AvgIpc) is 2.53. The van der Waals surface area contributed by atoms with Gasteiger partial charge in [-0.05, 0) is 56.2 Å². The molecule has 0 bridgehead atoms. The van der Waals surface area contributed by atoms with Gasteiger partial charge in [-0.1, -0.05) is 33.6 Å². The maximum Gasteiger partial charge on any atom is 0.249 e. The van der Waals surface area contributed by atoms with Crippen LogP contribution < -0.4 is 10.6 Å². The van der Waals surface area contributed by atoms with E-state index in [0.717, 1.165) is 15.8 Å². The highest BCUT2D eigenvalue weighted by molar-refractivity contribution is 9.10. The Balaban J connectivity index is 1.82. The molecule has 0 aliphatic rings. The summed E-state index contributed by atoms with van der Waals surface area (Å²) in [5.74, 6) is 1.10. The molecular formula is C18H18BrN5. The fourth-order valence-electron chi connectivity index (χ4n) is 2.58. The molecule has 0 radical (unpaired) electrons. The third kappa shape index (κ3) is 3.89. The topological polar surface area (TPSA) is 62.7 Å². The lowest BCUT2D eigenvalue weighted by molar-refractivity contribution is 0.981. The minimum atomic E-state index is 0.449. The van der Waals surface area contributed by atoms with Gasteiger partial charge in [0, 0.05) is 15.8 Å². The zero-order valence-corrected chi connectivity index (χ0v) is 15.3. The van der Waals surface area contributed by atoms with Gasteiger partial charge in [0.2, 0.25) is 5.95 Å². The zero-order valence-electron chi connectivity index (χ0n) is 13.8. The number of aromatic nitrogens is 3. The van der Waals surface area contributed by atoms with E-state index in [-0.39, 0.29) is 0 Å². The molecule has 122 valence electrons. The first-order chi connectivity index (χ1) is 11.5. The van der Waals surface area contributed by atoms with Gasteiger partial charge in [-0.2, -0.15) is 10.1 Å². The Labute approximate surface area is 149 Å². The van der Waals surface area contributed by atoms with Gasteiger partial charge in [-0.15, -0.1) is 5.10 Å². The Morgan fingerprint density at radius 2 is 1.58 bits per heavy atom. The van der Waals surface area contributed by atoms with E-state index in [1.165, 1.54) is 16.7 Å². The predicted octanol–water partition coefficient (Wildman–Crippen LogP) is 5.05. The van der Waals surface area contributed by atoms with Crippen LogP contribution in [0.1, 0.15) is 16.7 Å². The molecular weight excluding hydrogens is 366 g/mol. The fraction of sp³-hybridized carbons (Fsp3) is 0.167. The van der Waals surface area contributed by atoms with Crippen molar-refractivity contribution in [1.82, 2.24) is 15.2 Å². The molecule has 0 amide bonds. The van der Waals surface area contributed by atoms with Crippen LogP contribution in [-0.2, 0) is 0 Å². The maximum atomic E-state index is 4.48. The van der Waals surface area contributed by atoms with Crippen LogP contribution in [0, 0.1) is 20.8 Å². The molecule has 0 fully saturated rings. The largest absolute Gasteiger partial charge is 0.338 e. The number of aryl methyl sites for hydroxylation is 3. The van der Waals surface area contributed by atoms with E-state index in [0.29, 0.717) is 11.8 Å². The van der Waals surface area contributed by atoms with Gasteiger partial charge in [0.15, 0.2) is 5.82 Å². The van der Waals surface area contributed by atoms with Gasteiger partial charge in [-0.25, -0.2) is 0 Å². The summed E-state index contributed by atoms with van der Waals surface area (Å²) in [5.41, 5.74) is 5.55. The Hall–Kier alpha value is -2.47. The summed E-state index contributed by atoms with van der Waals surface area (Å²) in [4.78, 5) is 4.48. The fourth-order valence-corrected chi connectivity index (χ4v) is 2.85. The van der Waals surface area contributed by atoms with Gasteiger partial charge < -0.3 is 10.6 Å². The summed E-state index contributed by atoms with van der Waals surface area (Å²) < 4.78 is 1.02. The van der Waals surface area contributed by atoms with Crippen molar-refractivity contribution in [2.75, 3.05) is 10.6 Å². The van der Waals surface area contributed by atoms with Crippen molar-refractivity contribution in [3.63, 3.8) is 0 Å². The summed E-state index contributed by atoms with van der Waals surface area (Å²) in [7, 11) is 0. The number of benzene rings is 2. The van der Waals surface area contributed by atoms with E-state index >= 15 is 0 Å². The van der Waals surface area contributed by atoms with Crippen molar-refractivity contribution in [3.05, 3.63) is 63.8 Å². The van der Waals surface area contributed by atoms with Gasteiger partial charge in [0.1, 0.15) is 0 Å². The molecule has 3 aromatic rings. The highest BCUT2D eigenvalue weighted by Crippen LogP contribution is 2.25. The molecule has 0 atom stereocenters. The van der Waals surface area contributed by atoms with Gasteiger partial charge in [-0.3, -0.25) is 0 Å². The molecule has 5 nitrogen and oxygen atoms in total. The van der Waals surface area contributed by atoms with E-state index < -0.39 is 0 Å². The number of halogens is 1. The molecule has 0 saturated carbocycles. The van der Waals surface area contributed by atoms with Gasteiger partial charge >= 0.3 is 0 Å². The predicted molar refractivity (Wildman–Crippen MR) is 101 cm³/mol. The average molecular weight is 384 g/mol. The van der Waals surface area contributed by atoms with Crippen LogP contribution in [0.3, 0.4) is 0 Å². The molecule has 1 heterocycles. The van der Waals surface area contributed by atoms with Crippen molar-refractivity contribution in [1.29, 1.82) is 0 Å². The van der Waals surface area contributed by atoms with Gasteiger partial charge in [0.05, 0.1) is 6.20 Å². The van der Waals surface area contributed by atoms with Crippen LogP contribution in [0.15, 0.2) is 47.1 Å². The highest BCUT2D eigenvalue weighted by Gasteiger charge is 2.07. The number of rotatable bonds is 4. The summed E-state index contributed by atoms with van der Waals surface area (Å²) >= 11 is 3.42. The molecule has 1 aromatic heterocycles. The first-order valence-electron chi connectivity index (χ1n) is 7.58. The van der Waals surface area contributed by atoms with Crippen LogP contribution >= 0.6 is 15.9 Å². The van der Waals surface area contributed by atoms with E-state index in [1.54, 1.807) is 6.20 Å². The van der Waals surface area contributed by atoms with E-state index in [9.17, 15) is 0 Å². The summed E-state index contributed by atoms with van der Waals surface area (Å²) in [6, 6.07) is 12.1. The summed E-state index contributed by atoms with van der Waals surface area (Å²) in [5, 5.41) is 14.6. The van der Waals surface area contributed by atoms with E-state index in [1.807, 2.05) is 24.3 Å². The van der Waals surface area contributed by atoms with Crippen molar-refractivity contribution in [3.8, 4) is 0 Å². The third-order valence-corrected chi connectivity index (χ3v) is 4.12. The number of nitrogens with zero attached hydrogens (tertiary/aromatic N) is 3. The molecule has 0 spiro atoms. The quantitative estimate of drug-likeness (QED) is 0.659. The van der Waals surface area contributed by atoms with Crippen molar-refractivity contribution in [2.24, 2.45) is 0 Å². The number of nitrogens with one attached hydrogen (secondary N) is 2. The second-order valence-corrected chi connectivity index (χ2v) is 6.61. The lowest BCUT2D eigenvalue weighted by atomic mass is 10.1. The van der Waals surface area contributed by atoms with Gasteiger partial charge in [0.25, 0.3) is 0 Å². The van der Waals surface area contributed by atoms with Crippen LogP contribution in [0.2, 0.25) is 0 Å². The lowest BCUT2D eigenvalue weighted by Gasteiger charge is -2.13. The molecule has 2 N–H and O–H groups in total. The second kappa shape index (κ2) is 6.97. The number of anilines is 4. The highest BCUT2D eigenvalue weighted by atomic mass is 79.9. The smallest absolute Gasteiger partial charge is 0.249 e. The third-order valence-electron chi connectivity index (χ3n) is 3.59. The number of hydrogen-bond acceptors (Lipinski definition) is 5. The molecule has 2 aromatic carbocycles. The van der Waals surface area contributed by atoms with Crippen molar-refractivity contribution >= 4 is 39.1 Å². The Morgan fingerprint density at radius 1 is 0.917 bits per heavy atom. The Bertz CT molecular complexity index is 839. The van der Waals surface area contributed by atoms with Crippen LogP contribution in [-0.4, -0.2) is 15.2 Å². The SMILES string of the molecule is Cc1cc(C)c(Nc2cnnc(Nc3ccc(Br)cc3)n2)c(C)c1. The molecule has 24 heavy (non-hydrogen) atoms. The second-order valence-electron chi connectivity index (χ2n) is 5.70. The summed E-state index contributed by atoms with van der Waals surface area (Å²) in [6.07, 6.45) is 1.62. The van der Waals surface area contributed by atoms with Crippen LogP contribution in [0.25, 0.3) is 0 Å². The van der Waals surface area contributed by atoms with E-state index in [2.05, 4.69) is 74.6 Å².